The number of hydrogen-bond acceptors (Lipinski definition) is 3. The average molecular weight is 261 g/mol. The highest BCUT2D eigenvalue weighted by atomic mass is 16.2. The maximum absolute atomic E-state index is 12.4. The number of nitrogen functional groups attached to an aromatic ring is 1. The quantitative estimate of drug-likeness (QED) is 0.817. The molecule has 3 amide bonds. The van der Waals surface area contributed by atoms with Gasteiger partial charge in [0.2, 0.25) is 5.91 Å². The molecule has 5 nitrogen and oxygen atoms in total. The standard InChI is InChI=1S/C14H19N3O2/c1-9(2)7-10-8-16-14(19)17(13(10)18)12-5-3-11(15)4-6-12/h3-6,9-10H,7-8,15H2,1-2H3,(H,16,19). The zero-order chi connectivity index (χ0) is 14.0. The number of nitrogens with zero attached hydrogens (tertiary/aromatic N) is 1. The van der Waals surface area contributed by atoms with Crippen LogP contribution in [0.4, 0.5) is 16.2 Å². The molecule has 19 heavy (non-hydrogen) atoms. The molecule has 1 fully saturated rings. The Hall–Kier alpha value is -2.04. The Kier molecular flexibility index (Phi) is 3.74. The van der Waals surface area contributed by atoms with Gasteiger partial charge < -0.3 is 11.1 Å². The maximum Gasteiger partial charge on any atom is 0.328 e. The third-order valence-electron chi connectivity index (χ3n) is 3.18. The number of nitrogens with two attached hydrogens (primary N) is 1. The number of carbonyl (C=O) groups is 2. The minimum absolute atomic E-state index is 0.137. The molecule has 1 aliphatic rings. The van der Waals surface area contributed by atoms with E-state index in [-0.39, 0.29) is 17.9 Å². The van der Waals surface area contributed by atoms with Crippen molar-refractivity contribution in [3.05, 3.63) is 24.3 Å². The molecule has 102 valence electrons. The molecule has 1 unspecified atom stereocenters. The first-order valence-corrected chi connectivity index (χ1v) is 6.46. The first-order chi connectivity index (χ1) is 8.99. The summed E-state index contributed by atoms with van der Waals surface area (Å²) in [5.41, 5.74) is 6.78. The number of nitrogens with one attached hydrogen (secondary N) is 1. The molecule has 0 bridgehead atoms. The predicted molar refractivity (Wildman–Crippen MR) is 74.7 cm³/mol. The van der Waals surface area contributed by atoms with Gasteiger partial charge in [-0.05, 0) is 36.6 Å². The van der Waals surface area contributed by atoms with E-state index < -0.39 is 0 Å². The molecule has 0 aromatic heterocycles. The molecule has 1 aliphatic heterocycles. The minimum Gasteiger partial charge on any atom is -0.399 e. The third kappa shape index (κ3) is 2.86. The monoisotopic (exact) mass is 261 g/mol. The van der Waals surface area contributed by atoms with Gasteiger partial charge in [0.25, 0.3) is 0 Å². The van der Waals surface area contributed by atoms with E-state index in [1.165, 1.54) is 4.90 Å². The third-order valence-corrected chi connectivity index (χ3v) is 3.18. The summed E-state index contributed by atoms with van der Waals surface area (Å²) in [4.78, 5) is 25.5. The van der Waals surface area contributed by atoms with Crippen molar-refractivity contribution >= 4 is 23.3 Å². The van der Waals surface area contributed by atoms with E-state index in [0.29, 0.717) is 23.8 Å². The largest absolute Gasteiger partial charge is 0.399 e. The van der Waals surface area contributed by atoms with Gasteiger partial charge >= 0.3 is 6.03 Å². The first kappa shape index (κ1) is 13.4. The van der Waals surface area contributed by atoms with E-state index in [9.17, 15) is 9.59 Å². The highest BCUT2D eigenvalue weighted by Crippen LogP contribution is 2.24. The topological polar surface area (TPSA) is 75.4 Å². The summed E-state index contributed by atoms with van der Waals surface area (Å²) in [6, 6.07) is 6.37. The highest BCUT2D eigenvalue weighted by molar-refractivity contribution is 6.16. The number of carbonyl (C=O) groups excluding carboxylic acids is 2. The van der Waals surface area contributed by atoms with Crippen molar-refractivity contribution in [2.45, 2.75) is 20.3 Å². The van der Waals surface area contributed by atoms with Crippen molar-refractivity contribution in [1.82, 2.24) is 5.32 Å². The molecule has 0 aliphatic carbocycles. The van der Waals surface area contributed by atoms with E-state index in [1.807, 2.05) is 0 Å². The summed E-state index contributed by atoms with van der Waals surface area (Å²) >= 11 is 0. The lowest BCUT2D eigenvalue weighted by Gasteiger charge is -2.32. The van der Waals surface area contributed by atoms with E-state index in [4.69, 9.17) is 5.73 Å². The molecule has 2 rings (SSSR count). The Balaban J connectivity index is 2.24. The zero-order valence-electron chi connectivity index (χ0n) is 11.2. The second kappa shape index (κ2) is 5.30. The lowest BCUT2D eigenvalue weighted by Crippen LogP contribution is -2.55. The summed E-state index contributed by atoms with van der Waals surface area (Å²) in [6.07, 6.45) is 0.768. The van der Waals surface area contributed by atoms with E-state index >= 15 is 0 Å². The van der Waals surface area contributed by atoms with E-state index in [1.54, 1.807) is 24.3 Å². The summed E-state index contributed by atoms with van der Waals surface area (Å²) in [6.45, 7) is 4.55. The van der Waals surface area contributed by atoms with Crippen LogP contribution in [-0.2, 0) is 4.79 Å². The van der Waals surface area contributed by atoms with Gasteiger partial charge in [0, 0.05) is 12.2 Å². The summed E-state index contributed by atoms with van der Waals surface area (Å²) in [7, 11) is 0. The Labute approximate surface area is 112 Å². The first-order valence-electron chi connectivity index (χ1n) is 6.46. The molecule has 0 spiro atoms. The smallest absolute Gasteiger partial charge is 0.328 e. The number of hydrogen-bond donors (Lipinski definition) is 2. The Bertz CT molecular complexity index is 482. The summed E-state index contributed by atoms with van der Waals surface area (Å²) in [5.74, 6) is 0.120. The maximum atomic E-state index is 12.4. The van der Waals surface area contributed by atoms with Gasteiger partial charge in [0.1, 0.15) is 0 Å². The fourth-order valence-electron chi connectivity index (χ4n) is 2.28. The number of amides is 3. The highest BCUT2D eigenvalue weighted by Gasteiger charge is 2.35. The van der Waals surface area contributed by atoms with E-state index in [2.05, 4.69) is 19.2 Å². The zero-order valence-corrected chi connectivity index (χ0v) is 11.2. The minimum atomic E-state index is -0.366. The summed E-state index contributed by atoms with van der Waals surface area (Å²) in [5, 5.41) is 2.77. The molecule has 1 atom stereocenters. The number of benzene rings is 1. The van der Waals surface area contributed by atoms with Gasteiger partial charge in [-0.15, -0.1) is 0 Å². The predicted octanol–water partition coefficient (Wildman–Crippen LogP) is 1.99. The van der Waals surface area contributed by atoms with Crippen LogP contribution in [0.1, 0.15) is 20.3 Å². The van der Waals surface area contributed by atoms with Crippen molar-refractivity contribution in [3.8, 4) is 0 Å². The number of urea groups is 1. The molecule has 1 aromatic rings. The molecule has 1 heterocycles. The van der Waals surface area contributed by atoms with Crippen LogP contribution in [0.5, 0.6) is 0 Å². The average Bonchev–Trinajstić information content (AvgIpc) is 2.35. The van der Waals surface area contributed by atoms with Crippen molar-refractivity contribution in [1.29, 1.82) is 0 Å². The van der Waals surface area contributed by atoms with Gasteiger partial charge in [-0.3, -0.25) is 4.79 Å². The van der Waals surface area contributed by atoms with Crippen molar-refractivity contribution in [2.24, 2.45) is 11.8 Å². The molecule has 5 heteroatoms. The van der Waals surface area contributed by atoms with Crippen LogP contribution >= 0.6 is 0 Å². The SMILES string of the molecule is CC(C)CC1CNC(=O)N(c2ccc(N)cc2)C1=O. The fraction of sp³-hybridized carbons (Fsp3) is 0.429. The lowest BCUT2D eigenvalue weighted by atomic mass is 9.94. The molecule has 0 radical (unpaired) electrons. The molecular weight excluding hydrogens is 242 g/mol. The number of anilines is 2. The molecular formula is C14H19N3O2. The van der Waals surface area contributed by atoms with Crippen LogP contribution in [0.15, 0.2) is 24.3 Å². The summed E-state index contributed by atoms with van der Waals surface area (Å²) < 4.78 is 0. The van der Waals surface area contributed by atoms with Gasteiger partial charge in [-0.2, -0.15) is 0 Å². The Morgan fingerprint density at radius 3 is 2.53 bits per heavy atom. The van der Waals surface area contributed by atoms with Gasteiger partial charge in [0.15, 0.2) is 0 Å². The van der Waals surface area contributed by atoms with E-state index in [0.717, 1.165) is 6.42 Å². The van der Waals surface area contributed by atoms with Crippen LogP contribution in [-0.4, -0.2) is 18.5 Å². The molecule has 1 aromatic carbocycles. The van der Waals surface area contributed by atoms with Crippen molar-refractivity contribution in [3.63, 3.8) is 0 Å². The second-order valence-electron chi connectivity index (χ2n) is 5.28. The fourth-order valence-corrected chi connectivity index (χ4v) is 2.28. The molecule has 0 saturated carbocycles. The van der Waals surface area contributed by atoms with Crippen LogP contribution in [0.25, 0.3) is 0 Å². The van der Waals surface area contributed by atoms with Crippen LogP contribution in [0.2, 0.25) is 0 Å². The molecule has 3 N–H and O–H groups in total. The van der Waals surface area contributed by atoms with Gasteiger partial charge in [-0.25, -0.2) is 9.69 Å². The second-order valence-corrected chi connectivity index (χ2v) is 5.28. The van der Waals surface area contributed by atoms with Crippen molar-refractivity contribution in [2.75, 3.05) is 17.2 Å². The normalized spacial score (nSPS) is 19.7. The lowest BCUT2D eigenvalue weighted by molar-refractivity contribution is -0.122. The Morgan fingerprint density at radius 1 is 1.32 bits per heavy atom. The van der Waals surface area contributed by atoms with Crippen molar-refractivity contribution < 1.29 is 9.59 Å². The number of imide groups is 1. The van der Waals surface area contributed by atoms with Crippen LogP contribution < -0.4 is 16.0 Å². The van der Waals surface area contributed by atoms with Gasteiger partial charge in [-0.1, -0.05) is 13.8 Å². The number of rotatable bonds is 3. The molecule has 1 saturated heterocycles. The van der Waals surface area contributed by atoms with Gasteiger partial charge in [0.05, 0.1) is 11.6 Å². The Morgan fingerprint density at radius 2 is 1.95 bits per heavy atom. The van der Waals surface area contributed by atoms with Crippen LogP contribution in [0.3, 0.4) is 0 Å². The van der Waals surface area contributed by atoms with Crippen LogP contribution in [0, 0.1) is 11.8 Å².